The Morgan fingerprint density at radius 2 is 2.00 bits per heavy atom. The van der Waals surface area contributed by atoms with Crippen LogP contribution in [0.4, 0.5) is 5.69 Å². The van der Waals surface area contributed by atoms with Gasteiger partial charge in [0.25, 0.3) is 5.91 Å². The molecule has 2 rings (SSSR count). The average Bonchev–Trinajstić information content (AvgIpc) is 2.71. The molecule has 0 unspecified atom stereocenters. The smallest absolute Gasteiger partial charge is 0.328 e. The Labute approximate surface area is 105 Å². The number of hydrogen-bond acceptors (Lipinski definition) is 4. The van der Waals surface area contributed by atoms with Gasteiger partial charge in [0, 0.05) is 17.7 Å². The van der Waals surface area contributed by atoms with Crippen molar-refractivity contribution in [3.63, 3.8) is 0 Å². The number of carbonyl (C=O) groups excluding carboxylic acids is 2. The highest BCUT2D eigenvalue weighted by molar-refractivity contribution is 5.97. The molecular formula is C13H16N2O3. The fourth-order valence-electron chi connectivity index (χ4n) is 1.97. The number of carbonyl (C=O) groups is 2. The average molecular weight is 248 g/mol. The van der Waals surface area contributed by atoms with Gasteiger partial charge in [-0.05, 0) is 37.1 Å². The summed E-state index contributed by atoms with van der Waals surface area (Å²) >= 11 is 0. The molecule has 0 aliphatic carbocycles. The summed E-state index contributed by atoms with van der Waals surface area (Å²) in [6.45, 7) is 4.06. The van der Waals surface area contributed by atoms with E-state index >= 15 is 0 Å². The van der Waals surface area contributed by atoms with E-state index in [0.29, 0.717) is 24.3 Å². The van der Waals surface area contributed by atoms with Crippen molar-refractivity contribution in [3.8, 4) is 0 Å². The lowest BCUT2D eigenvalue weighted by Gasteiger charge is -2.11. The van der Waals surface area contributed by atoms with E-state index in [9.17, 15) is 9.59 Å². The molecule has 1 aromatic carbocycles. The van der Waals surface area contributed by atoms with E-state index in [1.54, 1.807) is 12.1 Å². The zero-order chi connectivity index (χ0) is 13.3. The quantitative estimate of drug-likeness (QED) is 0.602. The normalized spacial score (nSPS) is 18.6. The number of nitrogens with one attached hydrogen (secondary N) is 1. The molecule has 0 spiro atoms. The molecule has 0 radical (unpaired) electrons. The van der Waals surface area contributed by atoms with E-state index < -0.39 is 6.04 Å². The first-order chi connectivity index (χ1) is 8.49. The lowest BCUT2D eigenvalue weighted by Crippen LogP contribution is -2.38. The third-order valence-corrected chi connectivity index (χ3v) is 3.10. The second-order valence-corrected chi connectivity index (χ2v) is 4.51. The van der Waals surface area contributed by atoms with Gasteiger partial charge in [-0.15, -0.1) is 0 Å². The van der Waals surface area contributed by atoms with Crippen molar-refractivity contribution in [2.75, 3.05) is 12.3 Å². The molecule has 5 heteroatoms. The summed E-state index contributed by atoms with van der Waals surface area (Å²) in [6, 6.07) is 2.91. The van der Waals surface area contributed by atoms with Gasteiger partial charge in [0.2, 0.25) is 0 Å². The van der Waals surface area contributed by atoms with Crippen LogP contribution in [-0.4, -0.2) is 24.5 Å². The standard InChI is InChI=1S/C13H16N2O3/c1-7-5-9(6-8(2)11(7)14)12(16)15-10-3-4-18-13(10)17/h5-6,10H,3-4,14H2,1-2H3,(H,15,16)/t10-/m0/s1. The Kier molecular flexibility index (Phi) is 3.23. The number of nitrogens with two attached hydrogens (primary N) is 1. The zero-order valence-electron chi connectivity index (χ0n) is 10.4. The van der Waals surface area contributed by atoms with Gasteiger partial charge in [-0.1, -0.05) is 0 Å². The second kappa shape index (κ2) is 4.68. The summed E-state index contributed by atoms with van der Waals surface area (Å²) in [7, 11) is 0. The van der Waals surface area contributed by atoms with E-state index in [2.05, 4.69) is 5.32 Å². The first-order valence-corrected chi connectivity index (χ1v) is 5.83. The van der Waals surface area contributed by atoms with Crippen LogP contribution in [0.25, 0.3) is 0 Å². The van der Waals surface area contributed by atoms with E-state index in [1.165, 1.54) is 0 Å². The van der Waals surface area contributed by atoms with Crippen LogP contribution in [0.5, 0.6) is 0 Å². The third kappa shape index (κ3) is 2.30. The highest BCUT2D eigenvalue weighted by Crippen LogP contribution is 2.19. The third-order valence-electron chi connectivity index (χ3n) is 3.10. The lowest BCUT2D eigenvalue weighted by atomic mass is 10.0. The Morgan fingerprint density at radius 1 is 1.39 bits per heavy atom. The van der Waals surface area contributed by atoms with Crippen molar-refractivity contribution in [3.05, 3.63) is 28.8 Å². The largest absolute Gasteiger partial charge is 0.464 e. The molecule has 1 amide bonds. The van der Waals surface area contributed by atoms with Crippen LogP contribution >= 0.6 is 0 Å². The van der Waals surface area contributed by atoms with Crippen molar-refractivity contribution in [2.45, 2.75) is 26.3 Å². The minimum absolute atomic E-state index is 0.273. The SMILES string of the molecule is Cc1cc(C(=O)N[C@H]2CCOC2=O)cc(C)c1N. The zero-order valence-corrected chi connectivity index (χ0v) is 10.4. The summed E-state index contributed by atoms with van der Waals surface area (Å²) in [4.78, 5) is 23.3. The maximum atomic E-state index is 12.0. The number of ether oxygens (including phenoxy) is 1. The molecule has 1 atom stereocenters. The van der Waals surface area contributed by atoms with E-state index in [0.717, 1.165) is 11.1 Å². The van der Waals surface area contributed by atoms with E-state index in [-0.39, 0.29) is 11.9 Å². The van der Waals surface area contributed by atoms with Gasteiger partial charge in [-0.2, -0.15) is 0 Å². The van der Waals surface area contributed by atoms with Gasteiger partial charge in [0.1, 0.15) is 6.04 Å². The molecule has 1 heterocycles. The first kappa shape index (κ1) is 12.4. The second-order valence-electron chi connectivity index (χ2n) is 4.51. The molecule has 1 aliphatic rings. The lowest BCUT2D eigenvalue weighted by molar-refractivity contribution is -0.139. The number of benzene rings is 1. The van der Waals surface area contributed by atoms with Crippen LogP contribution in [0, 0.1) is 13.8 Å². The minimum atomic E-state index is -0.532. The van der Waals surface area contributed by atoms with Gasteiger partial charge >= 0.3 is 5.97 Å². The van der Waals surface area contributed by atoms with Crippen LogP contribution in [0.1, 0.15) is 27.9 Å². The maximum Gasteiger partial charge on any atom is 0.328 e. The van der Waals surface area contributed by atoms with Crippen molar-refractivity contribution in [1.29, 1.82) is 0 Å². The Bertz CT molecular complexity index is 488. The maximum absolute atomic E-state index is 12.0. The number of esters is 1. The Hall–Kier alpha value is -2.04. The highest BCUT2D eigenvalue weighted by atomic mass is 16.5. The van der Waals surface area contributed by atoms with Gasteiger partial charge < -0.3 is 15.8 Å². The minimum Gasteiger partial charge on any atom is -0.464 e. The monoisotopic (exact) mass is 248 g/mol. The molecule has 1 aliphatic heterocycles. The van der Waals surface area contributed by atoms with Gasteiger partial charge in [0.05, 0.1) is 6.61 Å². The van der Waals surface area contributed by atoms with Crippen molar-refractivity contribution < 1.29 is 14.3 Å². The number of aryl methyl sites for hydroxylation is 2. The fourth-order valence-corrected chi connectivity index (χ4v) is 1.97. The van der Waals surface area contributed by atoms with Crippen molar-refractivity contribution in [2.24, 2.45) is 0 Å². The van der Waals surface area contributed by atoms with Gasteiger partial charge in [-0.25, -0.2) is 4.79 Å². The van der Waals surface area contributed by atoms with Crippen molar-refractivity contribution >= 4 is 17.6 Å². The number of hydrogen-bond donors (Lipinski definition) is 2. The molecule has 18 heavy (non-hydrogen) atoms. The molecule has 3 N–H and O–H groups in total. The number of amides is 1. The molecular weight excluding hydrogens is 232 g/mol. The number of nitrogen functional groups attached to an aromatic ring is 1. The topological polar surface area (TPSA) is 81.4 Å². The molecule has 0 saturated carbocycles. The molecule has 1 fully saturated rings. The highest BCUT2D eigenvalue weighted by Gasteiger charge is 2.28. The summed E-state index contributed by atoms with van der Waals surface area (Å²) in [5.41, 5.74) is 8.74. The summed E-state index contributed by atoms with van der Waals surface area (Å²) in [5, 5.41) is 2.66. The number of rotatable bonds is 2. The van der Waals surface area contributed by atoms with Crippen LogP contribution < -0.4 is 11.1 Å². The molecule has 5 nitrogen and oxygen atoms in total. The Balaban J connectivity index is 2.16. The van der Waals surface area contributed by atoms with Gasteiger partial charge in [-0.3, -0.25) is 4.79 Å². The van der Waals surface area contributed by atoms with Crippen LogP contribution in [0.15, 0.2) is 12.1 Å². The molecule has 1 aromatic rings. The number of cyclic esters (lactones) is 1. The molecule has 0 aromatic heterocycles. The molecule has 96 valence electrons. The molecule has 1 saturated heterocycles. The van der Waals surface area contributed by atoms with Crippen LogP contribution in [-0.2, 0) is 9.53 Å². The van der Waals surface area contributed by atoms with E-state index in [1.807, 2.05) is 13.8 Å². The predicted octanol–water partition coefficient (Wildman–Crippen LogP) is 0.931. The first-order valence-electron chi connectivity index (χ1n) is 5.83. The van der Waals surface area contributed by atoms with Crippen molar-refractivity contribution in [1.82, 2.24) is 5.32 Å². The molecule has 0 bridgehead atoms. The Morgan fingerprint density at radius 3 is 2.50 bits per heavy atom. The van der Waals surface area contributed by atoms with Gasteiger partial charge in [0.15, 0.2) is 0 Å². The van der Waals surface area contributed by atoms with Crippen LogP contribution in [0.2, 0.25) is 0 Å². The number of anilines is 1. The summed E-state index contributed by atoms with van der Waals surface area (Å²) in [5.74, 6) is -0.641. The summed E-state index contributed by atoms with van der Waals surface area (Å²) in [6.07, 6.45) is 0.525. The predicted molar refractivity (Wildman–Crippen MR) is 67.2 cm³/mol. The van der Waals surface area contributed by atoms with E-state index in [4.69, 9.17) is 10.5 Å². The fraction of sp³-hybridized carbons (Fsp3) is 0.385. The van der Waals surface area contributed by atoms with Crippen LogP contribution in [0.3, 0.4) is 0 Å². The summed E-state index contributed by atoms with van der Waals surface area (Å²) < 4.78 is 4.80.